The smallest absolute Gasteiger partial charge is 0.756 e. The van der Waals surface area contributed by atoms with Crippen molar-refractivity contribution >= 4 is 13.7 Å². The van der Waals surface area contributed by atoms with Crippen molar-refractivity contribution in [1.29, 1.82) is 0 Å². The van der Waals surface area contributed by atoms with Gasteiger partial charge in [0.25, 0.3) is 7.82 Å². The molecule has 0 aromatic rings. The second-order valence-corrected chi connectivity index (χ2v) is 10.7. The third kappa shape index (κ3) is 17.6. The molecule has 0 spiro atoms. The minimum atomic E-state index is -4.52. The number of hydrogen-bond donors (Lipinski definition) is 3. The van der Waals surface area contributed by atoms with Crippen molar-refractivity contribution in [2.75, 3.05) is 19.8 Å². The fraction of sp³-hybridized carbons (Fsp3) is 0.958. The summed E-state index contributed by atoms with van der Waals surface area (Å²) in [5, 5.41) is 22.6. The van der Waals surface area contributed by atoms with Gasteiger partial charge >= 0.3 is 29.6 Å². The van der Waals surface area contributed by atoms with Crippen molar-refractivity contribution in [3.05, 3.63) is 0 Å². The van der Waals surface area contributed by atoms with Gasteiger partial charge in [-0.15, -0.1) is 0 Å². The van der Waals surface area contributed by atoms with Gasteiger partial charge in [0.05, 0.1) is 25.9 Å². The topological polar surface area (TPSA) is 137 Å². The second kappa shape index (κ2) is 21.4. The quantitative estimate of drug-likeness (QED) is 0.118. The summed E-state index contributed by atoms with van der Waals surface area (Å²) in [6.45, 7) is 3.06. The zero-order valence-corrected chi connectivity index (χ0v) is 25.0. The zero-order chi connectivity index (χ0) is 25.2. The van der Waals surface area contributed by atoms with E-state index in [2.05, 4.69) is 12.2 Å². The van der Waals surface area contributed by atoms with Crippen LogP contribution in [0.5, 0.6) is 0 Å². The number of carbonyl (C=O) groups is 1. The van der Waals surface area contributed by atoms with Crippen LogP contribution in [0.4, 0.5) is 0 Å². The predicted octanol–water partition coefficient (Wildman–Crippen LogP) is 0.599. The first-order valence-electron chi connectivity index (χ1n) is 13.1. The molecule has 9 nitrogen and oxygen atoms in total. The number of phosphoric acid groups is 1. The molecule has 1 aliphatic rings. The number of nitrogens with one attached hydrogen (secondary N) is 1. The van der Waals surface area contributed by atoms with E-state index in [1.807, 2.05) is 0 Å². The molecule has 1 saturated heterocycles. The normalized spacial score (nSPS) is 23.9. The Morgan fingerprint density at radius 2 is 1.40 bits per heavy atom. The maximum absolute atomic E-state index is 11.9. The van der Waals surface area contributed by atoms with E-state index in [1.54, 1.807) is 0 Å². The van der Waals surface area contributed by atoms with E-state index < -0.39 is 38.8 Å². The van der Waals surface area contributed by atoms with Gasteiger partial charge in [0, 0.05) is 6.92 Å². The fourth-order valence-corrected chi connectivity index (χ4v) is 4.85. The summed E-state index contributed by atoms with van der Waals surface area (Å²) in [5.41, 5.74) is 0. The molecule has 11 heteroatoms. The molecular formula is C24H47NNaO8P. The molecule has 1 unspecified atom stereocenters. The van der Waals surface area contributed by atoms with Gasteiger partial charge in [-0.05, 0) is 6.42 Å². The minimum absolute atomic E-state index is 0. The Morgan fingerprint density at radius 1 is 0.914 bits per heavy atom. The fourth-order valence-electron chi connectivity index (χ4n) is 4.09. The summed E-state index contributed by atoms with van der Waals surface area (Å²) in [5.74, 6) is -0.365. The minimum Gasteiger partial charge on any atom is -0.756 e. The van der Waals surface area contributed by atoms with E-state index in [1.165, 1.54) is 71.1 Å². The standard InChI is InChI=1S/C24H48NO8P.Na/c1-3-4-5-6-7-8-9-10-11-12-13-14-15-16-17-32-34(29,30)33-19-22-24(28)23(27)21(18-31-22)25-20(2)26;/h21-24,27-28H,3-19H2,1-2H3,(H,25,26)(H,29,30);/q;+1/p-1/t21-,22-,23-,24-;/m1./s1. The molecule has 1 rings (SSSR count). The van der Waals surface area contributed by atoms with Crippen LogP contribution in [-0.2, 0) is 23.1 Å². The van der Waals surface area contributed by atoms with E-state index >= 15 is 0 Å². The van der Waals surface area contributed by atoms with Crippen molar-refractivity contribution in [2.24, 2.45) is 0 Å². The van der Waals surface area contributed by atoms with Gasteiger partial charge in [0.1, 0.15) is 18.3 Å². The average Bonchev–Trinajstić information content (AvgIpc) is 2.78. The SMILES string of the molecule is CCCCCCCCCCCCCCCCOP(=O)([O-])OC[C@H]1OC[C@@H](NC(C)=O)[C@@H](O)[C@@H]1O.[Na+]. The van der Waals surface area contributed by atoms with Crippen molar-refractivity contribution in [2.45, 2.75) is 128 Å². The van der Waals surface area contributed by atoms with E-state index in [0.717, 1.165) is 19.3 Å². The van der Waals surface area contributed by atoms with Gasteiger partial charge in [-0.25, -0.2) is 0 Å². The monoisotopic (exact) mass is 531 g/mol. The van der Waals surface area contributed by atoms with Gasteiger partial charge in [0.15, 0.2) is 0 Å². The first-order valence-corrected chi connectivity index (χ1v) is 14.6. The van der Waals surface area contributed by atoms with E-state index in [4.69, 9.17) is 13.8 Å². The molecule has 0 saturated carbocycles. The summed E-state index contributed by atoms with van der Waals surface area (Å²) < 4.78 is 27.0. The Labute approximate surface area is 234 Å². The van der Waals surface area contributed by atoms with Crippen LogP contribution in [0.2, 0.25) is 0 Å². The summed E-state index contributed by atoms with van der Waals surface area (Å²) >= 11 is 0. The third-order valence-corrected chi connectivity index (χ3v) is 7.13. The van der Waals surface area contributed by atoms with Crippen molar-refractivity contribution in [3.63, 3.8) is 0 Å². The molecular weight excluding hydrogens is 484 g/mol. The molecule has 1 amide bonds. The van der Waals surface area contributed by atoms with Crippen molar-refractivity contribution < 1.29 is 67.8 Å². The largest absolute Gasteiger partial charge is 1.00 e. The number of hydrogen-bond acceptors (Lipinski definition) is 8. The Kier molecular flexibility index (Phi) is 21.7. The first kappa shape index (κ1) is 35.5. The Bertz CT molecular complexity index is 586. The molecule has 35 heavy (non-hydrogen) atoms. The Hall–Kier alpha value is 0.460. The van der Waals surface area contributed by atoms with Gasteiger partial charge in [-0.3, -0.25) is 9.36 Å². The summed E-state index contributed by atoms with van der Waals surface area (Å²) in [7, 11) is -4.52. The number of unbranched alkanes of at least 4 members (excludes halogenated alkanes) is 13. The number of phosphoric ester groups is 1. The number of aliphatic hydroxyl groups is 2. The van der Waals surface area contributed by atoms with E-state index in [9.17, 15) is 24.5 Å². The van der Waals surface area contributed by atoms with Crippen LogP contribution in [0.15, 0.2) is 0 Å². The van der Waals surface area contributed by atoms with Crippen molar-refractivity contribution in [3.8, 4) is 0 Å². The Morgan fingerprint density at radius 3 is 1.89 bits per heavy atom. The molecule has 0 aliphatic carbocycles. The molecule has 1 heterocycles. The predicted molar refractivity (Wildman–Crippen MR) is 129 cm³/mol. The molecule has 5 atom stereocenters. The molecule has 0 aromatic carbocycles. The number of aliphatic hydroxyl groups excluding tert-OH is 2. The van der Waals surface area contributed by atoms with Crippen LogP contribution in [0.3, 0.4) is 0 Å². The summed E-state index contributed by atoms with van der Waals surface area (Å²) in [6, 6.07) is -0.764. The summed E-state index contributed by atoms with van der Waals surface area (Å²) in [6.07, 6.45) is 13.3. The second-order valence-electron chi connectivity index (χ2n) is 9.33. The maximum Gasteiger partial charge on any atom is 1.00 e. The van der Waals surface area contributed by atoms with Crippen LogP contribution in [-0.4, -0.2) is 60.3 Å². The van der Waals surface area contributed by atoms with Crippen LogP contribution in [0, 0.1) is 0 Å². The van der Waals surface area contributed by atoms with Gasteiger partial charge in [0.2, 0.25) is 5.91 Å². The maximum atomic E-state index is 11.9. The van der Waals surface area contributed by atoms with Gasteiger partial charge in [-0.2, -0.15) is 0 Å². The van der Waals surface area contributed by atoms with E-state index in [0.29, 0.717) is 6.42 Å². The molecule has 202 valence electrons. The molecule has 0 aromatic heterocycles. The zero-order valence-electron chi connectivity index (χ0n) is 22.1. The van der Waals surface area contributed by atoms with Gasteiger partial charge < -0.3 is 34.2 Å². The number of ether oxygens (including phenoxy) is 1. The third-order valence-electron chi connectivity index (χ3n) is 6.17. The number of amides is 1. The van der Waals surface area contributed by atoms with E-state index in [-0.39, 0.29) is 48.7 Å². The molecule has 3 N–H and O–H groups in total. The summed E-state index contributed by atoms with van der Waals surface area (Å²) in [4.78, 5) is 23.0. The number of carbonyl (C=O) groups excluding carboxylic acids is 1. The average molecular weight is 532 g/mol. The van der Waals surface area contributed by atoms with Crippen LogP contribution in [0.25, 0.3) is 0 Å². The molecule has 0 radical (unpaired) electrons. The molecule has 1 fully saturated rings. The van der Waals surface area contributed by atoms with Crippen LogP contribution < -0.4 is 39.8 Å². The van der Waals surface area contributed by atoms with Crippen LogP contribution in [0.1, 0.15) is 104 Å². The number of rotatable bonds is 20. The molecule has 1 aliphatic heterocycles. The van der Waals surface area contributed by atoms with Crippen molar-refractivity contribution in [1.82, 2.24) is 5.32 Å². The van der Waals surface area contributed by atoms with Gasteiger partial charge in [-0.1, -0.05) is 90.4 Å². The first-order chi connectivity index (χ1) is 16.3. The Balaban J connectivity index is 0.0000116. The molecule has 0 bridgehead atoms. The van der Waals surface area contributed by atoms with Crippen LogP contribution >= 0.6 is 7.82 Å².